The summed E-state index contributed by atoms with van der Waals surface area (Å²) in [6.07, 6.45) is 1.59. The average molecular weight is 457 g/mol. The van der Waals surface area contributed by atoms with E-state index in [2.05, 4.69) is 50.7 Å². The Labute approximate surface area is 199 Å². The molecule has 7 nitrogen and oxygen atoms in total. The largest absolute Gasteiger partial charge is 0.454 e. The highest BCUT2D eigenvalue weighted by Crippen LogP contribution is 2.31. The molecule has 0 saturated carbocycles. The second-order valence-corrected chi connectivity index (χ2v) is 8.55. The maximum absolute atomic E-state index is 12.4. The smallest absolute Gasteiger partial charge is 0.271 e. The van der Waals surface area contributed by atoms with Gasteiger partial charge in [-0.05, 0) is 47.0 Å². The quantitative estimate of drug-likeness (QED) is 0.436. The van der Waals surface area contributed by atoms with E-state index in [9.17, 15) is 4.79 Å². The van der Waals surface area contributed by atoms with Crippen LogP contribution < -0.4 is 14.9 Å². The third-order valence-electron chi connectivity index (χ3n) is 6.11. The molecule has 0 radical (unpaired) electrons. The van der Waals surface area contributed by atoms with Crippen molar-refractivity contribution >= 4 is 12.1 Å². The maximum atomic E-state index is 12.4. The van der Waals surface area contributed by atoms with Crippen molar-refractivity contribution < 1.29 is 14.3 Å². The van der Waals surface area contributed by atoms with E-state index in [4.69, 9.17) is 9.47 Å². The number of piperazine rings is 1. The highest BCUT2D eigenvalue weighted by molar-refractivity contribution is 5.95. The summed E-state index contributed by atoms with van der Waals surface area (Å²) in [5.74, 6) is 1.16. The fourth-order valence-corrected chi connectivity index (χ4v) is 4.19. The third-order valence-corrected chi connectivity index (χ3v) is 6.11. The summed E-state index contributed by atoms with van der Waals surface area (Å²) in [6, 6.07) is 23.9. The molecular formula is C27H28N4O3. The van der Waals surface area contributed by atoms with Gasteiger partial charge in [-0.3, -0.25) is 14.6 Å². The first-order chi connectivity index (χ1) is 16.7. The Bertz CT molecular complexity index is 1140. The molecule has 2 aliphatic rings. The minimum atomic E-state index is -0.238. The highest BCUT2D eigenvalue weighted by atomic mass is 16.7. The van der Waals surface area contributed by atoms with Crippen molar-refractivity contribution in [3.63, 3.8) is 0 Å². The first kappa shape index (κ1) is 22.1. The van der Waals surface area contributed by atoms with Gasteiger partial charge in [-0.1, -0.05) is 42.5 Å². The Kier molecular flexibility index (Phi) is 6.84. The summed E-state index contributed by atoms with van der Waals surface area (Å²) in [7, 11) is 0. The fourth-order valence-electron chi connectivity index (χ4n) is 4.19. The lowest BCUT2D eigenvalue weighted by Crippen LogP contribution is -2.45. The second kappa shape index (κ2) is 10.5. The monoisotopic (exact) mass is 456 g/mol. The molecule has 3 aromatic carbocycles. The zero-order valence-corrected chi connectivity index (χ0v) is 19.0. The van der Waals surface area contributed by atoms with Gasteiger partial charge in [0.1, 0.15) is 0 Å². The number of amides is 1. The number of carbonyl (C=O) groups excluding carboxylic acids is 1. The molecule has 34 heavy (non-hydrogen) atoms. The molecule has 0 atom stereocenters. The third kappa shape index (κ3) is 5.62. The molecule has 0 aliphatic carbocycles. The van der Waals surface area contributed by atoms with Gasteiger partial charge in [0.2, 0.25) is 6.79 Å². The Morgan fingerprint density at radius 3 is 2.18 bits per heavy atom. The van der Waals surface area contributed by atoms with E-state index in [-0.39, 0.29) is 12.7 Å². The Morgan fingerprint density at radius 1 is 0.824 bits per heavy atom. The van der Waals surface area contributed by atoms with Gasteiger partial charge in [0.15, 0.2) is 11.5 Å². The van der Waals surface area contributed by atoms with Crippen LogP contribution in [-0.2, 0) is 13.1 Å². The highest BCUT2D eigenvalue weighted by Gasteiger charge is 2.17. The average Bonchev–Trinajstić information content (AvgIpc) is 3.34. The molecule has 1 saturated heterocycles. The van der Waals surface area contributed by atoms with Crippen LogP contribution in [0.2, 0.25) is 0 Å². The van der Waals surface area contributed by atoms with Gasteiger partial charge in [0.05, 0.1) is 6.21 Å². The van der Waals surface area contributed by atoms with Gasteiger partial charge >= 0.3 is 0 Å². The molecular weight excluding hydrogens is 428 g/mol. The van der Waals surface area contributed by atoms with Crippen LogP contribution in [0.5, 0.6) is 11.5 Å². The van der Waals surface area contributed by atoms with E-state index in [0.29, 0.717) is 11.3 Å². The van der Waals surface area contributed by atoms with E-state index in [0.717, 1.165) is 50.6 Å². The number of nitrogens with zero attached hydrogens (tertiary/aromatic N) is 3. The van der Waals surface area contributed by atoms with E-state index >= 15 is 0 Å². The van der Waals surface area contributed by atoms with Crippen LogP contribution in [-0.4, -0.2) is 54.9 Å². The van der Waals surface area contributed by atoms with Crippen LogP contribution in [0, 0.1) is 0 Å². The number of hydrogen-bond donors (Lipinski definition) is 1. The van der Waals surface area contributed by atoms with Crippen molar-refractivity contribution in [3.8, 4) is 11.5 Å². The maximum Gasteiger partial charge on any atom is 0.271 e. The lowest BCUT2D eigenvalue weighted by atomic mass is 10.1. The summed E-state index contributed by atoms with van der Waals surface area (Å²) in [5, 5.41) is 4.06. The summed E-state index contributed by atoms with van der Waals surface area (Å²) in [5.41, 5.74) is 6.56. The van der Waals surface area contributed by atoms with E-state index in [1.807, 2.05) is 42.5 Å². The van der Waals surface area contributed by atoms with Crippen molar-refractivity contribution in [1.29, 1.82) is 0 Å². The lowest BCUT2D eigenvalue weighted by molar-refractivity contribution is 0.0955. The minimum Gasteiger partial charge on any atom is -0.454 e. The van der Waals surface area contributed by atoms with Gasteiger partial charge in [0.25, 0.3) is 5.91 Å². The van der Waals surface area contributed by atoms with Crippen molar-refractivity contribution in [2.75, 3.05) is 33.0 Å². The van der Waals surface area contributed by atoms with Crippen LogP contribution >= 0.6 is 0 Å². The lowest BCUT2D eigenvalue weighted by Gasteiger charge is -2.34. The summed E-state index contributed by atoms with van der Waals surface area (Å²) in [6.45, 7) is 6.35. The molecule has 174 valence electrons. The van der Waals surface area contributed by atoms with E-state index in [1.165, 1.54) is 11.1 Å². The number of carbonyl (C=O) groups is 1. The second-order valence-electron chi connectivity index (χ2n) is 8.55. The molecule has 2 heterocycles. The van der Waals surface area contributed by atoms with E-state index < -0.39 is 0 Å². The number of nitrogens with one attached hydrogen (secondary N) is 1. The zero-order valence-electron chi connectivity index (χ0n) is 19.0. The van der Waals surface area contributed by atoms with Crippen molar-refractivity contribution in [2.45, 2.75) is 13.1 Å². The normalized spacial score (nSPS) is 16.1. The van der Waals surface area contributed by atoms with Gasteiger partial charge in [-0.15, -0.1) is 0 Å². The topological polar surface area (TPSA) is 66.4 Å². The fraction of sp³-hybridized carbons (Fsp3) is 0.259. The molecule has 0 aromatic heterocycles. The predicted octanol–water partition coefficient (Wildman–Crippen LogP) is 3.50. The Hall–Kier alpha value is -3.68. The molecule has 0 unspecified atom stereocenters. The van der Waals surface area contributed by atoms with Gasteiger partial charge in [-0.25, -0.2) is 5.43 Å². The standard InChI is InChI=1S/C27H28N4O3/c32-27(29-28-17-23-8-11-25-26(16-23)34-20-33-25)24-9-6-22(7-10-24)19-31-14-12-30(13-15-31)18-21-4-2-1-3-5-21/h1-11,16-17H,12-15,18-20H2,(H,29,32). The molecule has 3 aromatic rings. The number of hydrogen-bond acceptors (Lipinski definition) is 6. The van der Waals surface area contributed by atoms with Crippen molar-refractivity contribution in [3.05, 3.63) is 95.1 Å². The van der Waals surface area contributed by atoms with Crippen LogP contribution in [0.4, 0.5) is 0 Å². The summed E-state index contributed by atoms with van der Waals surface area (Å²) >= 11 is 0. The molecule has 1 N–H and O–H groups in total. The molecule has 2 aliphatic heterocycles. The van der Waals surface area contributed by atoms with Crippen molar-refractivity contribution in [1.82, 2.24) is 15.2 Å². The SMILES string of the molecule is O=C(NN=Cc1ccc2c(c1)OCO2)c1ccc(CN2CCN(Cc3ccccc3)CC2)cc1. The van der Waals surface area contributed by atoms with Crippen LogP contribution in [0.15, 0.2) is 77.9 Å². The summed E-state index contributed by atoms with van der Waals surface area (Å²) in [4.78, 5) is 17.4. The first-order valence-electron chi connectivity index (χ1n) is 11.5. The summed E-state index contributed by atoms with van der Waals surface area (Å²) < 4.78 is 10.7. The molecule has 5 rings (SSSR count). The first-order valence-corrected chi connectivity index (χ1v) is 11.5. The molecule has 7 heteroatoms. The van der Waals surface area contributed by atoms with Crippen LogP contribution in [0.25, 0.3) is 0 Å². The van der Waals surface area contributed by atoms with Crippen LogP contribution in [0.1, 0.15) is 27.0 Å². The number of hydrazone groups is 1. The number of benzene rings is 3. The molecule has 0 bridgehead atoms. The number of rotatable bonds is 7. The number of fused-ring (bicyclic) bond motifs is 1. The molecule has 1 amide bonds. The van der Waals surface area contributed by atoms with Gasteiger partial charge in [0, 0.05) is 44.8 Å². The van der Waals surface area contributed by atoms with E-state index in [1.54, 1.807) is 6.21 Å². The minimum absolute atomic E-state index is 0.229. The van der Waals surface area contributed by atoms with Gasteiger partial charge < -0.3 is 9.47 Å². The molecule has 1 fully saturated rings. The van der Waals surface area contributed by atoms with Gasteiger partial charge in [-0.2, -0.15) is 5.10 Å². The zero-order chi connectivity index (χ0) is 23.2. The van der Waals surface area contributed by atoms with Crippen LogP contribution in [0.3, 0.4) is 0 Å². The van der Waals surface area contributed by atoms with Crippen molar-refractivity contribution in [2.24, 2.45) is 5.10 Å². The predicted molar refractivity (Wildman–Crippen MR) is 131 cm³/mol. The Morgan fingerprint density at radius 2 is 1.47 bits per heavy atom. The number of ether oxygens (including phenoxy) is 2. The Balaban J connectivity index is 1.08. The molecule has 0 spiro atoms.